The van der Waals surface area contributed by atoms with Crippen LogP contribution in [0.15, 0.2) is 30.3 Å². The minimum atomic E-state index is -4.88. The van der Waals surface area contributed by atoms with Crippen molar-refractivity contribution in [2.24, 2.45) is 23.5 Å². The first-order valence-electron chi connectivity index (χ1n) is 14.3. The minimum Gasteiger partial charge on any atom is -0.371 e. The summed E-state index contributed by atoms with van der Waals surface area (Å²) in [5.74, 6) is -3.14. The van der Waals surface area contributed by atoms with E-state index in [2.05, 4.69) is 16.0 Å². The van der Waals surface area contributed by atoms with Crippen molar-refractivity contribution < 1.29 is 31.4 Å². The Labute approximate surface area is 244 Å². The van der Waals surface area contributed by atoms with Crippen LogP contribution in [-0.2, 0) is 36.0 Å². The van der Waals surface area contributed by atoms with Crippen LogP contribution in [0.3, 0.4) is 0 Å². The highest BCUT2D eigenvalue weighted by atomic mass is 32.3. The molecule has 5 N–H and O–H groups in total. The summed E-state index contributed by atoms with van der Waals surface area (Å²) in [6.45, 7) is 12.8. The second-order valence-electron chi connectivity index (χ2n) is 11.3. The summed E-state index contributed by atoms with van der Waals surface area (Å²) in [6, 6.07) is 5.14. The fourth-order valence-corrected chi connectivity index (χ4v) is 4.97. The van der Waals surface area contributed by atoms with Gasteiger partial charge in [0.25, 0.3) is 0 Å². The van der Waals surface area contributed by atoms with Crippen molar-refractivity contribution in [3.05, 3.63) is 35.9 Å². The van der Waals surface area contributed by atoms with E-state index in [1.807, 2.05) is 65.0 Å². The average molecular weight is 601 g/mol. The smallest absolute Gasteiger partial charge is 0.304 e. The molecule has 0 aromatic heterocycles. The van der Waals surface area contributed by atoms with Crippen molar-refractivity contribution in [2.45, 2.75) is 105 Å². The number of nitrogens with two attached hydrogens (primary N) is 1. The van der Waals surface area contributed by atoms with E-state index in [1.54, 1.807) is 13.8 Å². The predicted molar refractivity (Wildman–Crippen MR) is 158 cm³/mol. The van der Waals surface area contributed by atoms with E-state index in [9.17, 15) is 26.7 Å². The number of rotatable bonds is 18. The van der Waals surface area contributed by atoms with Gasteiger partial charge < -0.3 is 26.4 Å². The molecule has 0 spiro atoms. The topological polar surface area (TPSA) is 157 Å². The van der Waals surface area contributed by atoms with E-state index < -0.39 is 64.0 Å². The molecule has 3 amide bonds. The van der Waals surface area contributed by atoms with Crippen molar-refractivity contribution >= 4 is 27.9 Å². The molecule has 0 bridgehead atoms. The van der Waals surface area contributed by atoms with E-state index >= 15 is 0 Å². The molecular formula is C29H49FN4O6S. The van der Waals surface area contributed by atoms with Crippen LogP contribution in [0.1, 0.15) is 73.3 Å². The standard InChI is InChI=1S/C29H49FN4O6S/c1-8-19(5)24(31)27(35)33-25(20(6)9-2)28(36)34-26(21(7)40-16-22-13-11-10-12-14-22)29(37)32-23(15-18(3)4)17-41(30,38)39/h10-14,18-21,23-26H,8-9,15-17,31H2,1-7H3,(H,32,37)(H,33,35)(H,34,36)/t19?,20?,21?,23-,24-,25-,26-/m0/s1. The van der Waals surface area contributed by atoms with Crippen LogP contribution >= 0.6 is 0 Å². The van der Waals surface area contributed by atoms with Gasteiger partial charge in [-0.15, -0.1) is 3.89 Å². The predicted octanol–water partition coefficient (Wildman–Crippen LogP) is 2.81. The maximum absolute atomic E-state index is 13.6. The third-order valence-electron chi connectivity index (χ3n) is 7.26. The SMILES string of the molecule is CCC(C)[C@H](N)C(=O)N[C@H](C(=O)N[C@H](C(=O)N[C@@H](CC(C)C)CS(=O)(=O)F)C(C)OCc1ccccc1)C(C)CC. The number of nitrogens with one attached hydrogen (secondary N) is 3. The Morgan fingerprint density at radius 3 is 1.90 bits per heavy atom. The summed E-state index contributed by atoms with van der Waals surface area (Å²) in [6.07, 6.45) is 0.572. The van der Waals surface area contributed by atoms with Crippen LogP contribution in [-0.4, -0.2) is 62.2 Å². The molecule has 1 rings (SSSR count). The lowest BCUT2D eigenvalue weighted by Gasteiger charge is -2.31. The number of carbonyl (C=O) groups excluding carboxylic acids is 3. The van der Waals surface area contributed by atoms with Crippen LogP contribution < -0.4 is 21.7 Å². The molecule has 12 heteroatoms. The van der Waals surface area contributed by atoms with E-state index in [-0.39, 0.29) is 30.8 Å². The van der Waals surface area contributed by atoms with Crippen molar-refractivity contribution in [3.8, 4) is 0 Å². The summed E-state index contributed by atoms with van der Waals surface area (Å²) in [5, 5.41) is 8.04. The first-order chi connectivity index (χ1) is 19.1. The van der Waals surface area contributed by atoms with Gasteiger partial charge >= 0.3 is 10.2 Å². The van der Waals surface area contributed by atoms with Gasteiger partial charge in [-0.3, -0.25) is 14.4 Å². The Hall–Kier alpha value is -2.57. The Balaban J connectivity index is 3.26. The van der Waals surface area contributed by atoms with Gasteiger partial charge in [0.15, 0.2) is 0 Å². The maximum atomic E-state index is 13.6. The van der Waals surface area contributed by atoms with Crippen molar-refractivity contribution in [1.82, 2.24) is 16.0 Å². The van der Waals surface area contributed by atoms with Crippen LogP contribution in [0, 0.1) is 17.8 Å². The molecule has 0 radical (unpaired) electrons. The van der Waals surface area contributed by atoms with Gasteiger partial charge in [-0.1, -0.05) is 84.7 Å². The van der Waals surface area contributed by atoms with Crippen LogP contribution in [0.5, 0.6) is 0 Å². The zero-order valence-corrected chi connectivity index (χ0v) is 26.2. The van der Waals surface area contributed by atoms with Gasteiger partial charge in [0.2, 0.25) is 17.7 Å². The molecule has 3 unspecified atom stereocenters. The maximum Gasteiger partial charge on any atom is 0.304 e. The number of hydrogen-bond acceptors (Lipinski definition) is 7. The molecule has 7 atom stereocenters. The van der Waals surface area contributed by atoms with E-state index in [0.717, 1.165) is 5.56 Å². The molecule has 41 heavy (non-hydrogen) atoms. The molecule has 0 heterocycles. The van der Waals surface area contributed by atoms with E-state index in [1.165, 1.54) is 0 Å². The largest absolute Gasteiger partial charge is 0.371 e. The number of amides is 3. The number of carbonyl (C=O) groups is 3. The van der Waals surface area contributed by atoms with Gasteiger partial charge in [0.05, 0.1) is 18.8 Å². The lowest BCUT2D eigenvalue weighted by molar-refractivity contribution is -0.136. The van der Waals surface area contributed by atoms with Gasteiger partial charge in [-0.25, -0.2) is 0 Å². The molecule has 10 nitrogen and oxygen atoms in total. The van der Waals surface area contributed by atoms with E-state index in [4.69, 9.17) is 10.5 Å². The van der Waals surface area contributed by atoms with E-state index in [0.29, 0.717) is 12.8 Å². The first-order valence-corrected chi connectivity index (χ1v) is 15.9. The molecule has 0 fully saturated rings. The Kier molecular flexibility index (Phi) is 15.5. The molecule has 0 aliphatic heterocycles. The average Bonchev–Trinajstić information content (AvgIpc) is 2.90. The quantitative estimate of drug-likeness (QED) is 0.189. The van der Waals surface area contributed by atoms with Crippen molar-refractivity contribution in [2.75, 3.05) is 5.75 Å². The number of halogens is 1. The molecule has 0 saturated heterocycles. The molecule has 0 aliphatic rings. The highest BCUT2D eigenvalue weighted by Crippen LogP contribution is 2.14. The summed E-state index contributed by atoms with van der Waals surface area (Å²) >= 11 is 0. The van der Waals surface area contributed by atoms with Crippen LogP contribution in [0.4, 0.5) is 3.89 Å². The molecular weight excluding hydrogens is 551 g/mol. The van der Waals surface area contributed by atoms with Crippen molar-refractivity contribution in [1.29, 1.82) is 0 Å². The molecule has 1 aromatic rings. The molecule has 0 aliphatic carbocycles. The fourth-order valence-electron chi connectivity index (χ4n) is 4.27. The lowest BCUT2D eigenvalue weighted by Crippen LogP contribution is -2.61. The molecule has 1 aromatic carbocycles. The molecule has 0 saturated carbocycles. The third-order valence-corrected chi connectivity index (χ3v) is 8.06. The highest BCUT2D eigenvalue weighted by molar-refractivity contribution is 7.86. The van der Waals surface area contributed by atoms with Crippen LogP contribution in [0.2, 0.25) is 0 Å². The first kappa shape index (κ1) is 36.5. The monoisotopic (exact) mass is 600 g/mol. The third kappa shape index (κ3) is 13.3. The molecule has 234 valence electrons. The number of ether oxygens (including phenoxy) is 1. The summed E-state index contributed by atoms with van der Waals surface area (Å²) in [4.78, 5) is 39.9. The van der Waals surface area contributed by atoms with Gasteiger partial charge in [0.1, 0.15) is 17.8 Å². The lowest BCUT2D eigenvalue weighted by atomic mass is 9.95. The summed E-state index contributed by atoms with van der Waals surface area (Å²) in [7, 11) is -4.88. The Morgan fingerprint density at radius 2 is 1.39 bits per heavy atom. The highest BCUT2D eigenvalue weighted by Gasteiger charge is 2.35. The minimum absolute atomic E-state index is 0.0402. The van der Waals surface area contributed by atoms with Gasteiger partial charge in [-0.2, -0.15) is 8.42 Å². The number of benzene rings is 1. The number of hydrogen-bond donors (Lipinski definition) is 4. The zero-order valence-electron chi connectivity index (χ0n) is 25.4. The summed E-state index contributed by atoms with van der Waals surface area (Å²) < 4.78 is 42.3. The Morgan fingerprint density at radius 1 is 0.854 bits per heavy atom. The Bertz CT molecular complexity index is 1070. The zero-order chi connectivity index (χ0) is 31.3. The van der Waals surface area contributed by atoms with Crippen molar-refractivity contribution in [3.63, 3.8) is 0 Å². The second-order valence-corrected chi connectivity index (χ2v) is 12.7. The summed E-state index contributed by atoms with van der Waals surface area (Å²) in [5.41, 5.74) is 6.93. The van der Waals surface area contributed by atoms with Gasteiger partial charge in [-0.05, 0) is 36.7 Å². The second kappa shape index (κ2) is 17.4. The fraction of sp³-hybridized carbons (Fsp3) is 0.690. The van der Waals surface area contributed by atoms with Gasteiger partial charge in [0, 0.05) is 6.04 Å². The normalized spacial score (nSPS) is 17.0. The van der Waals surface area contributed by atoms with Crippen LogP contribution in [0.25, 0.3) is 0 Å².